The van der Waals surface area contributed by atoms with Crippen LogP contribution in [0.3, 0.4) is 0 Å². The number of aromatic nitrogens is 1. The molecular formula is C20H19N3O3. The highest BCUT2D eigenvalue weighted by molar-refractivity contribution is 6.04. The van der Waals surface area contributed by atoms with E-state index in [1.807, 2.05) is 48.5 Å². The maximum Gasteiger partial charge on any atom is 0.127 e. The lowest BCUT2D eigenvalue weighted by atomic mass is 10.1. The van der Waals surface area contributed by atoms with Crippen LogP contribution in [-0.4, -0.2) is 23.7 Å². The van der Waals surface area contributed by atoms with E-state index in [4.69, 9.17) is 24.8 Å². The summed E-state index contributed by atoms with van der Waals surface area (Å²) in [4.78, 5) is 0. The topological polar surface area (TPSA) is 92.2 Å². The van der Waals surface area contributed by atoms with E-state index < -0.39 is 0 Å². The summed E-state index contributed by atoms with van der Waals surface area (Å²) in [6, 6.07) is 14.7. The summed E-state index contributed by atoms with van der Waals surface area (Å²) in [5, 5.41) is 18.5. The van der Waals surface area contributed by atoms with Gasteiger partial charge >= 0.3 is 0 Å². The average molecular weight is 349 g/mol. The first-order chi connectivity index (χ1) is 12.7. The molecule has 0 atom stereocenters. The van der Waals surface area contributed by atoms with Crippen LogP contribution in [0, 0.1) is 10.8 Å². The Morgan fingerprint density at radius 3 is 2.27 bits per heavy atom. The first-order valence-corrected chi connectivity index (χ1v) is 8.20. The maximum atomic E-state index is 7.83. The first-order valence-electron chi connectivity index (χ1n) is 8.20. The molecule has 0 saturated carbocycles. The zero-order valence-electron chi connectivity index (χ0n) is 14.1. The van der Waals surface area contributed by atoms with Gasteiger partial charge in [0, 0.05) is 30.3 Å². The molecule has 0 aliphatic rings. The Labute approximate surface area is 151 Å². The summed E-state index contributed by atoms with van der Waals surface area (Å²) < 4.78 is 16.3. The second-order valence-electron chi connectivity index (χ2n) is 5.62. The summed E-state index contributed by atoms with van der Waals surface area (Å²) in [6.45, 7) is 0.546. The van der Waals surface area contributed by atoms with E-state index in [0.717, 1.165) is 23.3 Å². The monoisotopic (exact) mass is 349 g/mol. The number of rotatable bonds is 9. The van der Waals surface area contributed by atoms with Crippen LogP contribution in [-0.2, 0) is 6.42 Å². The standard InChI is InChI=1S/C20H19N3O3/c21-11-9-20(22)16-1-3-18(4-2-16)26-19-7-5-17(6-8-19)24-12-10-15-13-23-25-14-15/h1-8,11,13-14,21-22H,9-10,12H2. The molecular weight excluding hydrogens is 330 g/mol. The molecule has 1 heterocycles. The third-order valence-electron chi connectivity index (χ3n) is 3.71. The summed E-state index contributed by atoms with van der Waals surface area (Å²) >= 11 is 0. The molecule has 2 aromatic carbocycles. The van der Waals surface area contributed by atoms with E-state index in [2.05, 4.69) is 5.16 Å². The third kappa shape index (κ3) is 4.80. The predicted molar refractivity (Wildman–Crippen MR) is 98.9 cm³/mol. The van der Waals surface area contributed by atoms with Gasteiger partial charge in [-0.3, -0.25) is 0 Å². The smallest absolute Gasteiger partial charge is 0.127 e. The predicted octanol–water partition coefficient (Wildman–Crippen LogP) is 4.50. The molecule has 0 bridgehead atoms. The molecule has 0 unspecified atom stereocenters. The number of ether oxygens (including phenoxy) is 2. The number of benzene rings is 2. The normalized spacial score (nSPS) is 10.3. The van der Waals surface area contributed by atoms with Crippen LogP contribution in [0.2, 0.25) is 0 Å². The van der Waals surface area contributed by atoms with Crippen LogP contribution < -0.4 is 9.47 Å². The van der Waals surface area contributed by atoms with Crippen LogP contribution in [0.25, 0.3) is 0 Å². The number of nitrogens with zero attached hydrogens (tertiary/aromatic N) is 1. The van der Waals surface area contributed by atoms with Gasteiger partial charge in [-0.15, -0.1) is 0 Å². The van der Waals surface area contributed by atoms with Crippen LogP contribution in [0.5, 0.6) is 17.2 Å². The van der Waals surface area contributed by atoms with Crippen LogP contribution >= 0.6 is 0 Å². The van der Waals surface area contributed by atoms with Gasteiger partial charge in [-0.1, -0.05) is 5.16 Å². The van der Waals surface area contributed by atoms with Crippen molar-refractivity contribution in [1.29, 1.82) is 10.8 Å². The zero-order chi connectivity index (χ0) is 18.2. The minimum absolute atomic E-state index is 0.332. The quantitative estimate of drug-likeness (QED) is 0.556. The van der Waals surface area contributed by atoms with Crippen molar-refractivity contribution in [1.82, 2.24) is 5.16 Å². The van der Waals surface area contributed by atoms with Crippen molar-refractivity contribution in [2.75, 3.05) is 6.61 Å². The van der Waals surface area contributed by atoms with Crippen molar-refractivity contribution < 1.29 is 14.0 Å². The molecule has 132 valence electrons. The van der Waals surface area contributed by atoms with Gasteiger partial charge in [0.05, 0.1) is 12.8 Å². The van der Waals surface area contributed by atoms with E-state index in [1.165, 1.54) is 6.21 Å². The Bertz CT molecular complexity index is 841. The molecule has 0 aliphatic carbocycles. The fraction of sp³-hybridized carbons (Fsp3) is 0.150. The third-order valence-corrected chi connectivity index (χ3v) is 3.71. The molecule has 0 spiro atoms. The minimum Gasteiger partial charge on any atom is -0.493 e. The largest absolute Gasteiger partial charge is 0.493 e. The van der Waals surface area contributed by atoms with Gasteiger partial charge in [-0.25, -0.2) is 0 Å². The molecule has 0 fully saturated rings. The molecule has 0 saturated heterocycles. The van der Waals surface area contributed by atoms with Gasteiger partial charge < -0.3 is 24.8 Å². The Morgan fingerprint density at radius 2 is 1.65 bits per heavy atom. The molecule has 26 heavy (non-hydrogen) atoms. The number of nitrogens with one attached hydrogen (secondary N) is 2. The fourth-order valence-electron chi connectivity index (χ4n) is 2.32. The van der Waals surface area contributed by atoms with Crippen molar-refractivity contribution >= 4 is 11.9 Å². The summed E-state index contributed by atoms with van der Waals surface area (Å²) in [6.07, 6.45) is 5.58. The molecule has 3 aromatic rings. The van der Waals surface area contributed by atoms with Crippen LogP contribution in [0.4, 0.5) is 0 Å². The van der Waals surface area contributed by atoms with E-state index in [9.17, 15) is 0 Å². The van der Waals surface area contributed by atoms with Crippen molar-refractivity contribution in [2.45, 2.75) is 12.8 Å². The first kappa shape index (κ1) is 17.4. The van der Waals surface area contributed by atoms with Gasteiger partial charge in [0.1, 0.15) is 23.5 Å². The highest BCUT2D eigenvalue weighted by atomic mass is 16.5. The second-order valence-corrected chi connectivity index (χ2v) is 5.62. The molecule has 3 rings (SSSR count). The Hall–Kier alpha value is -3.41. The van der Waals surface area contributed by atoms with Crippen molar-refractivity contribution in [2.24, 2.45) is 0 Å². The molecule has 1 aromatic heterocycles. The number of hydrogen-bond donors (Lipinski definition) is 2. The SMILES string of the molecule is N=CCC(=N)c1ccc(Oc2ccc(OCCc3cnoc3)cc2)cc1. The summed E-state index contributed by atoms with van der Waals surface area (Å²) in [5.74, 6) is 2.17. The molecule has 0 radical (unpaired) electrons. The Balaban J connectivity index is 1.52. The average Bonchev–Trinajstić information content (AvgIpc) is 3.17. The Morgan fingerprint density at radius 1 is 1.00 bits per heavy atom. The van der Waals surface area contributed by atoms with Crippen molar-refractivity contribution in [3.63, 3.8) is 0 Å². The van der Waals surface area contributed by atoms with E-state index in [0.29, 0.717) is 30.2 Å². The highest BCUT2D eigenvalue weighted by Gasteiger charge is 2.03. The van der Waals surface area contributed by atoms with Crippen LogP contribution in [0.1, 0.15) is 17.5 Å². The van der Waals surface area contributed by atoms with Crippen molar-refractivity contribution in [3.05, 3.63) is 72.1 Å². The highest BCUT2D eigenvalue weighted by Crippen LogP contribution is 2.24. The van der Waals surface area contributed by atoms with Crippen LogP contribution in [0.15, 0.2) is 65.5 Å². The van der Waals surface area contributed by atoms with Gasteiger partial charge in [0.25, 0.3) is 0 Å². The number of hydrogen-bond acceptors (Lipinski definition) is 6. The van der Waals surface area contributed by atoms with Crippen molar-refractivity contribution in [3.8, 4) is 17.2 Å². The van der Waals surface area contributed by atoms with Gasteiger partial charge in [-0.2, -0.15) is 0 Å². The molecule has 2 N–H and O–H groups in total. The van der Waals surface area contributed by atoms with E-state index >= 15 is 0 Å². The Kier molecular flexibility index (Phi) is 5.77. The maximum absolute atomic E-state index is 7.83. The summed E-state index contributed by atoms with van der Waals surface area (Å²) in [5.41, 5.74) is 2.21. The zero-order valence-corrected chi connectivity index (χ0v) is 14.1. The molecule has 0 aliphatic heterocycles. The fourth-order valence-corrected chi connectivity index (χ4v) is 2.32. The summed E-state index contributed by atoms with van der Waals surface area (Å²) in [7, 11) is 0. The van der Waals surface area contributed by atoms with Gasteiger partial charge in [0.15, 0.2) is 0 Å². The lowest BCUT2D eigenvalue weighted by Gasteiger charge is -2.09. The van der Waals surface area contributed by atoms with Gasteiger partial charge in [0.2, 0.25) is 0 Å². The molecule has 6 nitrogen and oxygen atoms in total. The lowest BCUT2D eigenvalue weighted by molar-refractivity contribution is 0.321. The second kappa shape index (κ2) is 8.62. The van der Waals surface area contributed by atoms with Gasteiger partial charge in [-0.05, 0) is 54.1 Å². The van der Waals surface area contributed by atoms with E-state index in [1.54, 1.807) is 12.5 Å². The molecule has 0 amide bonds. The lowest BCUT2D eigenvalue weighted by Crippen LogP contribution is -2.00. The molecule has 6 heteroatoms. The van der Waals surface area contributed by atoms with E-state index in [-0.39, 0.29) is 0 Å². The minimum atomic E-state index is 0.332.